The first-order valence-electron chi connectivity index (χ1n) is 6.69. The highest BCUT2D eigenvalue weighted by molar-refractivity contribution is 7.94. The van der Waals surface area contributed by atoms with E-state index in [1.165, 1.54) is 18.2 Å². The molecule has 0 fully saturated rings. The smallest absolute Gasteiger partial charge is 0.471 e. The Kier molecular flexibility index (Phi) is 4.69. The van der Waals surface area contributed by atoms with Crippen LogP contribution in [0.3, 0.4) is 0 Å². The first-order valence-corrected chi connectivity index (χ1v) is 8.40. The molecule has 9 heteroatoms. The molecule has 1 aromatic carbocycles. The zero-order chi connectivity index (χ0) is 17.3. The Bertz CT molecular complexity index is 728. The third-order valence-electron chi connectivity index (χ3n) is 3.13. The lowest BCUT2D eigenvalue weighted by Gasteiger charge is -2.29. The van der Waals surface area contributed by atoms with Crippen LogP contribution in [0.15, 0.2) is 35.7 Å². The monoisotopic (exact) mass is 349 g/mol. The number of hydrogen-bond acceptors (Lipinski definition) is 4. The fourth-order valence-corrected chi connectivity index (χ4v) is 3.50. The topological polar surface area (TPSA) is 63.7 Å². The molecule has 0 saturated heterocycles. The molecule has 0 aromatic heterocycles. The van der Waals surface area contributed by atoms with Crippen molar-refractivity contribution in [2.75, 3.05) is 17.3 Å². The predicted octanol–water partition coefficient (Wildman–Crippen LogP) is 2.29. The number of benzene rings is 1. The fourth-order valence-electron chi connectivity index (χ4n) is 2.23. The van der Waals surface area contributed by atoms with Crippen LogP contribution in [-0.2, 0) is 14.6 Å². The third kappa shape index (κ3) is 3.84. The van der Waals surface area contributed by atoms with Crippen molar-refractivity contribution in [3.8, 4) is 5.75 Å². The van der Waals surface area contributed by atoms with Crippen molar-refractivity contribution in [3.63, 3.8) is 0 Å². The van der Waals surface area contributed by atoms with Gasteiger partial charge in [-0.25, -0.2) is 8.42 Å². The number of amides is 1. The maximum Gasteiger partial charge on any atom is 0.471 e. The van der Waals surface area contributed by atoms with E-state index in [0.29, 0.717) is 4.90 Å². The standard InChI is InChI=1S/C14H14F3NO4S/c1-2-22-12-6-4-3-5-11(12)18(13(19)14(15,16)17)10-7-8-23(20,21)9-10/h3-8,10H,2,9H2,1H3/t10-/m1/s1. The normalized spacial score (nSPS) is 19.6. The number of nitrogens with zero attached hydrogens (tertiary/aromatic N) is 1. The van der Waals surface area contributed by atoms with Gasteiger partial charge in [-0.2, -0.15) is 13.2 Å². The first kappa shape index (κ1) is 17.3. The van der Waals surface area contributed by atoms with Crippen LogP contribution in [0.4, 0.5) is 18.9 Å². The van der Waals surface area contributed by atoms with E-state index in [1.54, 1.807) is 13.0 Å². The summed E-state index contributed by atoms with van der Waals surface area (Å²) >= 11 is 0. The van der Waals surface area contributed by atoms with Crippen LogP contribution in [0, 0.1) is 0 Å². The average Bonchev–Trinajstić information content (AvgIpc) is 2.80. The van der Waals surface area contributed by atoms with E-state index >= 15 is 0 Å². The van der Waals surface area contributed by atoms with Gasteiger partial charge in [-0.05, 0) is 25.1 Å². The van der Waals surface area contributed by atoms with Gasteiger partial charge in [0, 0.05) is 5.41 Å². The highest BCUT2D eigenvalue weighted by Gasteiger charge is 2.47. The highest BCUT2D eigenvalue weighted by atomic mass is 32.2. The lowest BCUT2D eigenvalue weighted by molar-refractivity contribution is -0.170. The number of sulfone groups is 1. The van der Waals surface area contributed by atoms with Crippen LogP contribution in [-0.4, -0.2) is 38.9 Å². The first-order chi connectivity index (χ1) is 10.7. The third-order valence-corrected chi connectivity index (χ3v) is 4.51. The zero-order valence-electron chi connectivity index (χ0n) is 12.1. The van der Waals surface area contributed by atoms with Gasteiger partial charge in [0.15, 0.2) is 9.84 Å². The molecule has 5 nitrogen and oxygen atoms in total. The Morgan fingerprint density at radius 3 is 2.52 bits per heavy atom. The number of para-hydroxylation sites is 2. The number of ether oxygens (including phenoxy) is 1. The lowest BCUT2D eigenvalue weighted by atomic mass is 10.2. The molecule has 1 aliphatic rings. The molecule has 23 heavy (non-hydrogen) atoms. The van der Waals surface area contributed by atoms with Crippen molar-refractivity contribution in [2.24, 2.45) is 0 Å². The Labute approximate surface area is 131 Å². The molecule has 0 aliphatic carbocycles. The van der Waals surface area contributed by atoms with E-state index in [2.05, 4.69) is 0 Å². The summed E-state index contributed by atoms with van der Waals surface area (Å²) in [6.45, 7) is 1.83. The van der Waals surface area contributed by atoms with Gasteiger partial charge >= 0.3 is 12.1 Å². The fraction of sp³-hybridized carbons (Fsp3) is 0.357. The van der Waals surface area contributed by atoms with Gasteiger partial charge in [0.2, 0.25) is 0 Å². The second-order valence-electron chi connectivity index (χ2n) is 4.80. The molecule has 1 amide bonds. The zero-order valence-corrected chi connectivity index (χ0v) is 12.9. The molecule has 1 aromatic rings. The van der Waals surface area contributed by atoms with Gasteiger partial charge < -0.3 is 4.74 Å². The molecule has 1 atom stereocenters. The van der Waals surface area contributed by atoms with Crippen LogP contribution >= 0.6 is 0 Å². The summed E-state index contributed by atoms with van der Waals surface area (Å²) < 4.78 is 67.1. The van der Waals surface area contributed by atoms with Gasteiger partial charge in [-0.1, -0.05) is 12.1 Å². The molecule has 0 radical (unpaired) electrons. The van der Waals surface area contributed by atoms with Gasteiger partial charge in [-0.3, -0.25) is 9.69 Å². The minimum atomic E-state index is -5.14. The number of rotatable bonds is 4. The van der Waals surface area contributed by atoms with Crippen LogP contribution in [0.25, 0.3) is 0 Å². The molecule has 0 N–H and O–H groups in total. The predicted molar refractivity (Wildman–Crippen MR) is 77.9 cm³/mol. The molecule has 0 spiro atoms. The molecule has 1 heterocycles. The number of carbonyl (C=O) groups excluding carboxylic acids is 1. The van der Waals surface area contributed by atoms with E-state index < -0.39 is 33.7 Å². The second-order valence-corrected chi connectivity index (χ2v) is 6.73. The van der Waals surface area contributed by atoms with Gasteiger partial charge in [0.1, 0.15) is 5.75 Å². The van der Waals surface area contributed by atoms with Crippen LogP contribution in [0.5, 0.6) is 5.75 Å². The van der Waals surface area contributed by atoms with E-state index in [9.17, 15) is 26.4 Å². The molecular formula is C14H14F3NO4S. The summed E-state index contributed by atoms with van der Waals surface area (Å²) in [5, 5.41) is 0.817. The number of anilines is 1. The van der Waals surface area contributed by atoms with Crippen LogP contribution in [0.1, 0.15) is 6.92 Å². The molecule has 126 valence electrons. The summed E-state index contributed by atoms with van der Waals surface area (Å²) in [5.74, 6) is -2.67. The van der Waals surface area contributed by atoms with E-state index in [0.717, 1.165) is 11.5 Å². The van der Waals surface area contributed by atoms with Gasteiger partial charge in [0.05, 0.1) is 24.1 Å². The Hall–Kier alpha value is -2.03. The summed E-state index contributed by atoms with van der Waals surface area (Å²) in [5.41, 5.74) is -0.122. The molecule has 0 saturated carbocycles. The molecule has 2 rings (SSSR count). The van der Waals surface area contributed by atoms with E-state index in [-0.39, 0.29) is 18.0 Å². The summed E-state index contributed by atoms with van der Waals surface area (Å²) in [7, 11) is -3.64. The Morgan fingerprint density at radius 1 is 1.35 bits per heavy atom. The largest absolute Gasteiger partial charge is 0.492 e. The quantitative estimate of drug-likeness (QED) is 0.837. The minimum Gasteiger partial charge on any atom is -0.492 e. The molecule has 1 aliphatic heterocycles. The second kappa shape index (κ2) is 6.23. The van der Waals surface area contributed by atoms with Crippen molar-refractivity contribution in [3.05, 3.63) is 35.7 Å². The maximum atomic E-state index is 12.9. The molecular weight excluding hydrogens is 335 g/mol. The van der Waals surface area contributed by atoms with Crippen LogP contribution < -0.4 is 9.64 Å². The number of hydrogen-bond donors (Lipinski definition) is 0. The average molecular weight is 349 g/mol. The highest BCUT2D eigenvalue weighted by Crippen LogP contribution is 2.34. The van der Waals surface area contributed by atoms with Crippen LogP contribution in [0.2, 0.25) is 0 Å². The van der Waals surface area contributed by atoms with Crippen molar-refractivity contribution in [2.45, 2.75) is 19.1 Å². The Morgan fingerprint density at radius 2 is 2.00 bits per heavy atom. The maximum absolute atomic E-state index is 12.9. The van der Waals surface area contributed by atoms with Crippen molar-refractivity contribution < 1.29 is 31.1 Å². The minimum absolute atomic E-state index is 0.0743. The SMILES string of the molecule is CCOc1ccccc1N(C(=O)C(F)(F)F)[C@@H]1C=CS(=O)(=O)C1. The van der Waals surface area contributed by atoms with Crippen molar-refractivity contribution >= 4 is 21.4 Å². The summed E-state index contributed by atoms with van der Waals surface area (Å²) in [6.07, 6.45) is -4.07. The summed E-state index contributed by atoms with van der Waals surface area (Å²) in [6, 6.07) is 4.46. The molecule has 0 unspecified atom stereocenters. The lowest BCUT2D eigenvalue weighted by Crippen LogP contribution is -2.48. The van der Waals surface area contributed by atoms with Gasteiger partial charge in [0.25, 0.3) is 0 Å². The summed E-state index contributed by atoms with van der Waals surface area (Å²) in [4.78, 5) is 12.3. The Balaban J connectivity index is 2.51. The number of halogens is 3. The van der Waals surface area contributed by atoms with Gasteiger partial charge in [-0.15, -0.1) is 0 Å². The number of alkyl halides is 3. The van der Waals surface area contributed by atoms with E-state index in [1.807, 2.05) is 0 Å². The van der Waals surface area contributed by atoms with E-state index in [4.69, 9.17) is 4.74 Å². The molecule has 0 bridgehead atoms. The van der Waals surface area contributed by atoms with Crippen molar-refractivity contribution in [1.29, 1.82) is 0 Å². The van der Waals surface area contributed by atoms with Crippen molar-refractivity contribution in [1.82, 2.24) is 0 Å². The number of carbonyl (C=O) groups is 1.